The molecule has 2 N–H and O–H groups in total. The number of phenols is 1. The molecule has 148 valence electrons. The van der Waals surface area contributed by atoms with Crippen molar-refractivity contribution in [1.29, 1.82) is 0 Å². The van der Waals surface area contributed by atoms with Crippen molar-refractivity contribution in [2.75, 3.05) is 19.5 Å². The van der Waals surface area contributed by atoms with E-state index in [2.05, 4.69) is 46.5 Å². The Hall–Kier alpha value is -3.54. The van der Waals surface area contributed by atoms with E-state index in [1.807, 2.05) is 19.1 Å². The summed E-state index contributed by atoms with van der Waals surface area (Å²) in [6, 6.07) is 15.7. The van der Waals surface area contributed by atoms with Gasteiger partial charge in [-0.3, -0.25) is 0 Å². The smallest absolute Gasteiger partial charge is 0.162 e. The third-order valence-electron chi connectivity index (χ3n) is 5.03. The van der Waals surface area contributed by atoms with Crippen LogP contribution in [0.15, 0.2) is 48.5 Å². The second kappa shape index (κ2) is 7.47. The molecule has 0 saturated carbocycles. The van der Waals surface area contributed by atoms with Gasteiger partial charge in [0.05, 0.1) is 19.7 Å². The minimum Gasteiger partial charge on any atom is -0.504 e. The number of phenolic OH excluding ortho intramolecular Hbond substituents is 1. The Kier molecular flexibility index (Phi) is 4.84. The number of nitrogens with zero attached hydrogens (tertiary/aromatic N) is 2. The highest BCUT2D eigenvalue weighted by atomic mass is 16.5. The van der Waals surface area contributed by atoms with E-state index in [9.17, 15) is 5.11 Å². The molecule has 6 nitrogen and oxygen atoms in total. The first-order valence-corrected chi connectivity index (χ1v) is 9.38. The van der Waals surface area contributed by atoms with Gasteiger partial charge in [-0.15, -0.1) is 0 Å². The maximum Gasteiger partial charge on any atom is 0.162 e. The van der Waals surface area contributed by atoms with Crippen molar-refractivity contribution < 1.29 is 14.6 Å². The fourth-order valence-electron chi connectivity index (χ4n) is 3.46. The monoisotopic (exact) mass is 389 g/mol. The summed E-state index contributed by atoms with van der Waals surface area (Å²) in [7, 11) is 3.19. The van der Waals surface area contributed by atoms with Gasteiger partial charge in [0, 0.05) is 17.5 Å². The van der Waals surface area contributed by atoms with Gasteiger partial charge in [0.2, 0.25) is 0 Å². The van der Waals surface area contributed by atoms with Crippen molar-refractivity contribution in [2.45, 2.75) is 19.9 Å². The van der Waals surface area contributed by atoms with Crippen LogP contribution in [-0.2, 0) is 0 Å². The Labute approximate surface area is 169 Å². The Morgan fingerprint density at radius 2 is 1.69 bits per heavy atom. The molecule has 1 heterocycles. The molecule has 1 unspecified atom stereocenters. The quantitative estimate of drug-likeness (QED) is 0.501. The molecule has 29 heavy (non-hydrogen) atoms. The molecule has 6 heteroatoms. The summed E-state index contributed by atoms with van der Waals surface area (Å²) in [5, 5.41) is 16.7. The topological polar surface area (TPSA) is 76.5 Å². The highest BCUT2D eigenvalue weighted by molar-refractivity contribution is 5.92. The third kappa shape index (κ3) is 3.61. The standard InChI is InChI=1S/C23H23N3O3/c1-13(15-5-6-17-10-18(28-3)8-7-16(17)9-15)24-23-19-11-21(27)22(29-4)12-20(19)25-14(2)26-23/h5-13,27H,1-4H3,(H,24,25,26). The summed E-state index contributed by atoms with van der Waals surface area (Å²) in [6.45, 7) is 3.93. The van der Waals surface area contributed by atoms with Gasteiger partial charge in [0.25, 0.3) is 0 Å². The average molecular weight is 389 g/mol. The Morgan fingerprint density at radius 1 is 0.931 bits per heavy atom. The minimum absolute atomic E-state index is 0.00301. The fourth-order valence-corrected chi connectivity index (χ4v) is 3.46. The van der Waals surface area contributed by atoms with E-state index in [1.165, 1.54) is 7.11 Å². The van der Waals surface area contributed by atoms with Crippen LogP contribution in [0.1, 0.15) is 24.4 Å². The van der Waals surface area contributed by atoms with Crippen LogP contribution in [0.3, 0.4) is 0 Å². The molecular formula is C23H23N3O3. The zero-order valence-corrected chi connectivity index (χ0v) is 16.9. The Morgan fingerprint density at radius 3 is 2.45 bits per heavy atom. The van der Waals surface area contributed by atoms with Crippen LogP contribution < -0.4 is 14.8 Å². The lowest BCUT2D eigenvalue weighted by Crippen LogP contribution is -2.09. The molecular weight excluding hydrogens is 366 g/mol. The molecule has 0 aliphatic rings. The van der Waals surface area contributed by atoms with Crippen LogP contribution in [0.5, 0.6) is 17.2 Å². The van der Waals surface area contributed by atoms with E-state index in [1.54, 1.807) is 19.2 Å². The lowest BCUT2D eigenvalue weighted by Gasteiger charge is -2.18. The zero-order chi connectivity index (χ0) is 20.5. The van der Waals surface area contributed by atoms with E-state index in [0.29, 0.717) is 22.9 Å². The minimum atomic E-state index is 0.00301. The lowest BCUT2D eigenvalue weighted by molar-refractivity contribution is 0.374. The number of aromatic hydroxyl groups is 1. The van der Waals surface area contributed by atoms with Gasteiger partial charge in [0.15, 0.2) is 11.5 Å². The molecule has 0 amide bonds. The molecule has 1 aromatic heterocycles. The fraction of sp³-hybridized carbons (Fsp3) is 0.217. The van der Waals surface area contributed by atoms with Crippen LogP contribution >= 0.6 is 0 Å². The van der Waals surface area contributed by atoms with Crippen molar-refractivity contribution in [3.63, 3.8) is 0 Å². The summed E-state index contributed by atoms with van der Waals surface area (Å²) in [4.78, 5) is 9.03. The van der Waals surface area contributed by atoms with Gasteiger partial charge in [0.1, 0.15) is 17.4 Å². The Bertz CT molecular complexity index is 1210. The van der Waals surface area contributed by atoms with Crippen LogP contribution in [0.25, 0.3) is 21.7 Å². The van der Waals surface area contributed by atoms with Crippen molar-refractivity contribution in [3.8, 4) is 17.2 Å². The lowest BCUT2D eigenvalue weighted by atomic mass is 10.0. The van der Waals surface area contributed by atoms with E-state index >= 15 is 0 Å². The van der Waals surface area contributed by atoms with Crippen molar-refractivity contribution in [1.82, 2.24) is 9.97 Å². The van der Waals surface area contributed by atoms with Gasteiger partial charge >= 0.3 is 0 Å². The van der Waals surface area contributed by atoms with Crippen molar-refractivity contribution in [3.05, 3.63) is 59.9 Å². The molecule has 3 aromatic carbocycles. The number of hydrogen-bond acceptors (Lipinski definition) is 6. The second-order valence-corrected chi connectivity index (χ2v) is 7.00. The summed E-state index contributed by atoms with van der Waals surface area (Å²) < 4.78 is 10.5. The summed E-state index contributed by atoms with van der Waals surface area (Å²) >= 11 is 0. The van der Waals surface area contributed by atoms with Crippen LogP contribution in [0.4, 0.5) is 5.82 Å². The normalized spacial score (nSPS) is 12.1. The summed E-state index contributed by atoms with van der Waals surface area (Å²) in [5.74, 6) is 2.61. The molecule has 1 atom stereocenters. The van der Waals surface area contributed by atoms with Gasteiger partial charge in [-0.1, -0.05) is 18.2 Å². The molecule has 0 saturated heterocycles. The van der Waals surface area contributed by atoms with Gasteiger partial charge in [-0.05, 0) is 54.4 Å². The Balaban J connectivity index is 1.70. The summed E-state index contributed by atoms with van der Waals surface area (Å²) in [5.41, 5.74) is 1.84. The molecule has 0 aliphatic carbocycles. The molecule has 0 bridgehead atoms. The molecule has 0 fully saturated rings. The number of methoxy groups -OCH3 is 2. The average Bonchev–Trinajstić information content (AvgIpc) is 2.72. The number of aromatic nitrogens is 2. The van der Waals surface area contributed by atoms with E-state index in [-0.39, 0.29) is 11.8 Å². The highest BCUT2D eigenvalue weighted by Crippen LogP contribution is 2.34. The first-order chi connectivity index (χ1) is 14.0. The third-order valence-corrected chi connectivity index (χ3v) is 5.03. The SMILES string of the molecule is COc1ccc2cc(C(C)Nc3nc(C)nc4cc(OC)c(O)cc34)ccc2c1. The molecule has 4 rings (SSSR count). The first-order valence-electron chi connectivity index (χ1n) is 9.38. The van der Waals surface area contributed by atoms with Gasteiger partial charge < -0.3 is 19.9 Å². The van der Waals surface area contributed by atoms with Crippen LogP contribution in [0.2, 0.25) is 0 Å². The van der Waals surface area contributed by atoms with E-state index < -0.39 is 0 Å². The van der Waals surface area contributed by atoms with Crippen LogP contribution in [-0.4, -0.2) is 29.3 Å². The number of hydrogen-bond donors (Lipinski definition) is 2. The van der Waals surface area contributed by atoms with E-state index in [4.69, 9.17) is 9.47 Å². The number of rotatable bonds is 5. The van der Waals surface area contributed by atoms with Gasteiger partial charge in [-0.25, -0.2) is 9.97 Å². The predicted molar refractivity (Wildman–Crippen MR) is 115 cm³/mol. The number of anilines is 1. The van der Waals surface area contributed by atoms with Crippen LogP contribution in [0, 0.1) is 6.92 Å². The zero-order valence-electron chi connectivity index (χ0n) is 16.9. The number of ether oxygens (including phenoxy) is 2. The maximum atomic E-state index is 10.2. The number of aryl methyl sites for hydroxylation is 1. The summed E-state index contributed by atoms with van der Waals surface area (Å²) in [6.07, 6.45) is 0. The number of nitrogens with one attached hydrogen (secondary N) is 1. The molecule has 4 aromatic rings. The highest BCUT2D eigenvalue weighted by Gasteiger charge is 2.14. The molecule has 0 radical (unpaired) electrons. The van der Waals surface area contributed by atoms with E-state index in [0.717, 1.165) is 27.5 Å². The number of fused-ring (bicyclic) bond motifs is 2. The molecule has 0 aliphatic heterocycles. The predicted octanol–water partition coefficient (Wildman–Crippen LogP) is 4.99. The molecule has 0 spiro atoms. The largest absolute Gasteiger partial charge is 0.504 e. The first kappa shape index (κ1) is 18.8. The second-order valence-electron chi connectivity index (χ2n) is 7.00. The maximum absolute atomic E-state index is 10.2. The number of benzene rings is 3. The van der Waals surface area contributed by atoms with Gasteiger partial charge in [-0.2, -0.15) is 0 Å². The van der Waals surface area contributed by atoms with Crippen molar-refractivity contribution >= 4 is 27.5 Å². The van der Waals surface area contributed by atoms with Crippen molar-refractivity contribution in [2.24, 2.45) is 0 Å².